The van der Waals surface area contributed by atoms with E-state index < -0.39 is 29.5 Å². The number of benzene rings is 2. The van der Waals surface area contributed by atoms with E-state index in [1.165, 1.54) is 17.7 Å². The lowest BCUT2D eigenvalue weighted by molar-refractivity contribution is -0.141. The van der Waals surface area contributed by atoms with E-state index in [0.717, 1.165) is 23.1 Å². The number of hydrogen-bond acceptors (Lipinski definition) is 5. The zero-order valence-electron chi connectivity index (χ0n) is 20.5. The second kappa shape index (κ2) is 10.3. The van der Waals surface area contributed by atoms with Crippen LogP contribution >= 0.6 is 0 Å². The number of carbonyl (C=O) groups excluding carboxylic acids is 1. The molecule has 1 aliphatic heterocycles. The molecule has 0 spiro atoms. The standard InChI is InChI=1S/C28H29F3N2O3/c1-27(36-3)18-21(20-7-5-4-6-8-20)11-12-22(27)15-19-9-13-23(14-10-19)33-24(17-26(34)35-2)16-25(32-33)28(29,30)31/h4-14,24H,15-18H2,1-3H3. The fourth-order valence-corrected chi connectivity index (χ4v) is 4.64. The summed E-state index contributed by atoms with van der Waals surface area (Å²) in [4.78, 5) is 11.8. The number of nitrogens with zero attached hydrogens (tertiary/aromatic N) is 2. The smallest absolute Gasteiger partial charge is 0.431 e. The lowest BCUT2D eigenvalue weighted by Gasteiger charge is -2.35. The zero-order chi connectivity index (χ0) is 25.9. The van der Waals surface area contributed by atoms with Crippen molar-refractivity contribution in [3.05, 3.63) is 83.4 Å². The van der Waals surface area contributed by atoms with Gasteiger partial charge in [0, 0.05) is 20.0 Å². The molecule has 0 saturated carbocycles. The molecule has 0 radical (unpaired) electrons. The fourth-order valence-electron chi connectivity index (χ4n) is 4.64. The van der Waals surface area contributed by atoms with Crippen LogP contribution < -0.4 is 5.01 Å². The van der Waals surface area contributed by atoms with E-state index >= 15 is 0 Å². The first-order valence-corrected chi connectivity index (χ1v) is 11.7. The Kier molecular flexibility index (Phi) is 7.36. The Balaban J connectivity index is 1.55. The van der Waals surface area contributed by atoms with Crippen molar-refractivity contribution in [1.82, 2.24) is 0 Å². The highest BCUT2D eigenvalue weighted by Crippen LogP contribution is 2.39. The minimum Gasteiger partial charge on any atom is -0.469 e. The van der Waals surface area contributed by atoms with Gasteiger partial charge in [-0.25, -0.2) is 0 Å². The number of hydrazone groups is 1. The molecule has 0 fully saturated rings. The van der Waals surface area contributed by atoms with Crippen LogP contribution in [0.15, 0.2) is 77.4 Å². The molecule has 36 heavy (non-hydrogen) atoms. The predicted octanol–water partition coefficient (Wildman–Crippen LogP) is 6.11. The maximum Gasteiger partial charge on any atom is 0.431 e. The van der Waals surface area contributed by atoms with Crippen LogP contribution in [0.3, 0.4) is 0 Å². The molecular formula is C28H29F3N2O3. The number of alkyl halides is 3. The zero-order valence-corrected chi connectivity index (χ0v) is 20.5. The van der Waals surface area contributed by atoms with Crippen LogP contribution in [-0.2, 0) is 20.7 Å². The van der Waals surface area contributed by atoms with E-state index in [2.05, 4.69) is 41.0 Å². The molecule has 1 heterocycles. The average Bonchev–Trinajstić information content (AvgIpc) is 3.30. The molecule has 2 aromatic carbocycles. The summed E-state index contributed by atoms with van der Waals surface area (Å²) in [6, 6.07) is 16.6. The van der Waals surface area contributed by atoms with Gasteiger partial charge in [0.05, 0.1) is 30.9 Å². The minimum absolute atomic E-state index is 0.184. The maximum atomic E-state index is 13.3. The van der Waals surface area contributed by atoms with E-state index in [9.17, 15) is 18.0 Å². The van der Waals surface area contributed by atoms with Crippen molar-refractivity contribution in [3.63, 3.8) is 0 Å². The number of methoxy groups -OCH3 is 2. The number of rotatable bonds is 7. The summed E-state index contributed by atoms with van der Waals surface area (Å²) in [6.45, 7) is 2.07. The van der Waals surface area contributed by atoms with Crippen molar-refractivity contribution in [3.8, 4) is 0 Å². The number of anilines is 1. The second-order valence-corrected chi connectivity index (χ2v) is 9.23. The SMILES string of the molecule is COC(=O)CC1CC(C(F)(F)F)=NN1c1ccc(CC2=CC=C(c3ccccc3)CC2(C)OC)cc1. The molecule has 1 aliphatic carbocycles. The Morgan fingerprint density at radius 3 is 2.39 bits per heavy atom. The van der Waals surface area contributed by atoms with Gasteiger partial charge in [-0.15, -0.1) is 0 Å². The number of esters is 1. The molecular weight excluding hydrogens is 469 g/mol. The number of carbonyl (C=O) groups is 1. The Morgan fingerprint density at radius 2 is 1.78 bits per heavy atom. The first-order valence-electron chi connectivity index (χ1n) is 11.7. The van der Waals surface area contributed by atoms with Crippen molar-refractivity contribution in [2.24, 2.45) is 5.10 Å². The van der Waals surface area contributed by atoms with Crippen LogP contribution in [0.4, 0.5) is 18.9 Å². The van der Waals surface area contributed by atoms with E-state index in [-0.39, 0.29) is 12.8 Å². The fraction of sp³-hybridized carbons (Fsp3) is 0.357. The number of hydrogen-bond donors (Lipinski definition) is 0. The van der Waals surface area contributed by atoms with Gasteiger partial charge >= 0.3 is 12.1 Å². The summed E-state index contributed by atoms with van der Waals surface area (Å²) >= 11 is 0. The molecule has 0 aromatic heterocycles. The van der Waals surface area contributed by atoms with Crippen LogP contribution in [-0.4, -0.2) is 43.7 Å². The van der Waals surface area contributed by atoms with E-state index in [0.29, 0.717) is 12.1 Å². The van der Waals surface area contributed by atoms with Crippen molar-refractivity contribution in [1.29, 1.82) is 0 Å². The van der Waals surface area contributed by atoms with Crippen molar-refractivity contribution < 1.29 is 27.4 Å². The summed E-state index contributed by atoms with van der Waals surface area (Å²) in [5.41, 5.74) is 3.57. The Hall–Kier alpha value is -3.39. The van der Waals surface area contributed by atoms with Gasteiger partial charge < -0.3 is 9.47 Å². The molecule has 0 N–H and O–H groups in total. The second-order valence-electron chi connectivity index (χ2n) is 9.23. The summed E-state index contributed by atoms with van der Waals surface area (Å²) in [7, 11) is 2.92. The highest BCUT2D eigenvalue weighted by Gasteiger charge is 2.43. The third-order valence-corrected chi connectivity index (χ3v) is 6.84. The number of ether oxygens (including phenoxy) is 2. The normalized spacial score (nSPS) is 22.1. The van der Waals surface area contributed by atoms with Crippen molar-refractivity contribution in [2.45, 2.75) is 50.4 Å². The Morgan fingerprint density at radius 1 is 1.08 bits per heavy atom. The van der Waals surface area contributed by atoms with Crippen LogP contribution in [0.2, 0.25) is 0 Å². The summed E-state index contributed by atoms with van der Waals surface area (Å²) in [6.07, 6.45) is 0.477. The molecule has 5 nitrogen and oxygen atoms in total. The third kappa shape index (κ3) is 5.54. The van der Waals surface area contributed by atoms with Gasteiger partial charge in [-0.05, 0) is 47.8 Å². The van der Waals surface area contributed by atoms with E-state index in [1.807, 2.05) is 30.3 Å². The predicted molar refractivity (Wildman–Crippen MR) is 134 cm³/mol. The molecule has 2 aromatic rings. The number of allylic oxidation sites excluding steroid dienone is 2. The molecule has 2 unspecified atom stereocenters. The minimum atomic E-state index is -4.55. The molecule has 4 rings (SSSR count). The summed E-state index contributed by atoms with van der Waals surface area (Å²) in [5.74, 6) is -0.578. The first kappa shape index (κ1) is 25.7. The molecule has 0 bridgehead atoms. The van der Waals surface area contributed by atoms with E-state index in [1.54, 1.807) is 19.2 Å². The molecule has 190 valence electrons. The Bertz CT molecular complexity index is 1190. The summed E-state index contributed by atoms with van der Waals surface area (Å²) < 4.78 is 50.5. The van der Waals surface area contributed by atoms with Gasteiger partial charge in [0.15, 0.2) is 0 Å². The monoisotopic (exact) mass is 498 g/mol. The number of halogens is 3. The highest BCUT2D eigenvalue weighted by molar-refractivity contribution is 5.94. The van der Waals surface area contributed by atoms with Crippen molar-refractivity contribution >= 4 is 22.9 Å². The lowest BCUT2D eigenvalue weighted by atomic mass is 9.79. The summed E-state index contributed by atoms with van der Waals surface area (Å²) in [5, 5.41) is 5.07. The average molecular weight is 499 g/mol. The van der Waals surface area contributed by atoms with Crippen LogP contribution in [0.5, 0.6) is 0 Å². The van der Waals surface area contributed by atoms with Gasteiger partial charge in [0.2, 0.25) is 0 Å². The largest absolute Gasteiger partial charge is 0.469 e. The van der Waals surface area contributed by atoms with Crippen LogP contribution in [0.25, 0.3) is 5.57 Å². The van der Waals surface area contributed by atoms with Gasteiger partial charge in [0.25, 0.3) is 0 Å². The highest BCUT2D eigenvalue weighted by atomic mass is 19.4. The third-order valence-electron chi connectivity index (χ3n) is 6.84. The molecule has 0 amide bonds. The maximum absolute atomic E-state index is 13.3. The molecule has 8 heteroatoms. The molecule has 2 atom stereocenters. The quantitative estimate of drug-likeness (QED) is 0.433. The van der Waals surface area contributed by atoms with Gasteiger partial charge in [0.1, 0.15) is 5.71 Å². The van der Waals surface area contributed by atoms with Crippen molar-refractivity contribution in [2.75, 3.05) is 19.2 Å². The van der Waals surface area contributed by atoms with E-state index in [4.69, 9.17) is 4.74 Å². The first-order chi connectivity index (χ1) is 17.1. The van der Waals surface area contributed by atoms with Crippen LogP contribution in [0, 0.1) is 0 Å². The molecule has 2 aliphatic rings. The molecule has 0 saturated heterocycles. The lowest BCUT2D eigenvalue weighted by Crippen LogP contribution is -2.33. The van der Waals surface area contributed by atoms with Gasteiger partial charge in [-0.1, -0.05) is 54.6 Å². The van der Waals surface area contributed by atoms with Gasteiger partial charge in [-0.3, -0.25) is 9.80 Å². The van der Waals surface area contributed by atoms with Crippen LogP contribution in [0.1, 0.15) is 37.3 Å². The Labute approximate surface area is 208 Å². The topological polar surface area (TPSA) is 51.1 Å². The van der Waals surface area contributed by atoms with Gasteiger partial charge in [-0.2, -0.15) is 18.3 Å².